The Morgan fingerprint density at radius 2 is 1.25 bits per heavy atom. The van der Waals surface area contributed by atoms with Gasteiger partial charge in [-0.3, -0.25) is 0 Å². The molecule has 0 aliphatic carbocycles. The van der Waals surface area contributed by atoms with E-state index < -0.39 is 9.05 Å². The molecule has 0 heterocycles. The van der Waals surface area contributed by atoms with Crippen molar-refractivity contribution in [1.82, 2.24) is 0 Å². The van der Waals surface area contributed by atoms with Gasteiger partial charge in [-0.05, 0) is 0 Å². The van der Waals surface area contributed by atoms with Crippen molar-refractivity contribution >= 4 is 26.8 Å². The molecule has 0 unspecified atom stereocenters. The Morgan fingerprint density at radius 1 is 1.25 bits per heavy atom. The molecule has 0 atom stereocenters. The Kier molecular flexibility index (Phi) is 7.76. The molecule has 44 valence electrons. The Hall–Kier alpha value is 0.394. The summed E-state index contributed by atoms with van der Waals surface area (Å²) in [7, 11) is -4.61. The summed E-state index contributed by atoms with van der Waals surface area (Å²) >= 11 is 1.89. The van der Waals surface area contributed by atoms with Crippen molar-refractivity contribution in [2.75, 3.05) is 0 Å². The van der Waals surface area contributed by atoms with E-state index in [-0.39, 0.29) is 0 Å². The average molecular weight is 130 g/mol. The van der Waals surface area contributed by atoms with Crippen molar-refractivity contribution < 1.29 is 19.2 Å². The van der Waals surface area contributed by atoms with E-state index in [0.717, 1.165) is 0 Å². The molecular weight excluding hydrogens is 123 g/mol. The fourth-order valence-corrected chi connectivity index (χ4v) is 0. The van der Waals surface area contributed by atoms with E-state index in [1.807, 2.05) is 17.7 Å². The van der Waals surface area contributed by atoms with E-state index in [4.69, 9.17) is 19.2 Å². The standard InChI is InChI=1S/C2H3.Li.H4O4Si/c1-2;;1-5(2,3)4/h1H,2H2;;1-4H. The van der Waals surface area contributed by atoms with Crippen LogP contribution in [0.25, 0.3) is 0 Å². The summed E-state index contributed by atoms with van der Waals surface area (Å²) in [5.74, 6) is 0. The molecule has 0 bridgehead atoms. The molecule has 0 fully saturated rings. The van der Waals surface area contributed by atoms with Gasteiger partial charge in [0, 0.05) is 0 Å². The van der Waals surface area contributed by atoms with Gasteiger partial charge in [0.1, 0.15) is 0 Å². The molecule has 4 N–H and O–H groups in total. The molecule has 6 heteroatoms. The molecule has 0 aliphatic rings. The van der Waals surface area contributed by atoms with Crippen molar-refractivity contribution in [3.63, 3.8) is 0 Å². The summed E-state index contributed by atoms with van der Waals surface area (Å²) < 4.78 is 1.75. The fourth-order valence-electron chi connectivity index (χ4n) is 0. The van der Waals surface area contributed by atoms with Gasteiger partial charge in [0.15, 0.2) is 0 Å². The predicted molar refractivity (Wildman–Crippen MR) is 30.6 cm³/mol. The van der Waals surface area contributed by atoms with Crippen LogP contribution in [0.4, 0.5) is 0 Å². The van der Waals surface area contributed by atoms with Crippen LogP contribution in [0.1, 0.15) is 0 Å². The Balaban J connectivity index is 0. The van der Waals surface area contributed by atoms with Crippen LogP contribution in [0.15, 0.2) is 11.3 Å². The SMILES string of the molecule is O[Si](O)(O)O.[Li][CH]=C. The third kappa shape index (κ3) is 1200. The first-order chi connectivity index (χ1) is 3.41. The van der Waals surface area contributed by atoms with Crippen LogP contribution in [-0.2, 0) is 0 Å². The summed E-state index contributed by atoms with van der Waals surface area (Å²) in [5.41, 5.74) is 0. The van der Waals surface area contributed by atoms with Gasteiger partial charge < -0.3 is 19.2 Å². The Morgan fingerprint density at radius 3 is 1.25 bits per heavy atom. The molecular formula is C2H7LiO4Si. The Bertz CT molecular complexity index is 53.5. The maximum atomic E-state index is 7.33. The monoisotopic (exact) mass is 130 g/mol. The van der Waals surface area contributed by atoms with Crippen LogP contribution >= 0.6 is 0 Å². The summed E-state index contributed by atoms with van der Waals surface area (Å²) in [6.07, 6.45) is 0. The van der Waals surface area contributed by atoms with E-state index in [0.29, 0.717) is 0 Å². The molecule has 0 saturated carbocycles. The van der Waals surface area contributed by atoms with Crippen LogP contribution < -0.4 is 0 Å². The van der Waals surface area contributed by atoms with Crippen molar-refractivity contribution in [3.8, 4) is 0 Å². The van der Waals surface area contributed by atoms with E-state index in [1.54, 1.807) is 4.75 Å². The second-order valence-electron chi connectivity index (χ2n) is 1.01. The van der Waals surface area contributed by atoms with Gasteiger partial charge in [-0.1, -0.05) is 0 Å². The van der Waals surface area contributed by atoms with Crippen LogP contribution in [0, 0.1) is 0 Å². The summed E-state index contributed by atoms with van der Waals surface area (Å²) in [6, 6.07) is 0. The van der Waals surface area contributed by atoms with Crippen molar-refractivity contribution in [2.24, 2.45) is 0 Å². The van der Waals surface area contributed by atoms with Gasteiger partial charge in [-0.15, -0.1) is 0 Å². The zero-order valence-corrected chi connectivity index (χ0v) is 5.57. The van der Waals surface area contributed by atoms with Crippen molar-refractivity contribution in [1.29, 1.82) is 0 Å². The van der Waals surface area contributed by atoms with E-state index in [1.165, 1.54) is 0 Å². The molecule has 0 spiro atoms. The van der Waals surface area contributed by atoms with E-state index in [9.17, 15) is 0 Å². The van der Waals surface area contributed by atoms with Gasteiger partial charge in [0.05, 0.1) is 0 Å². The Labute approximate surface area is 57.8 Å². The molecule has 4 nitrogen and oxygen atoms in total. The van der Waals surface area contributed by atoms with E-state index in [2.05, 4.69) is 6.58 Å². The minimum absolute atomic E-state index is 1.75. The van der Waals surface area contributed by atoms with Crippen molar-refractivity contribution in [2.45, 2.75) is 0 Å². The molecule has 0 aromatic carbocycles. The third-order valence-electron chi connectivity index (χ3n) is 0. The van der Waals surface area contributed by atoms with Gasteiger partial charge >= 0.3 is 38.1 Å². The third-order valence-corrected chi connectivity index (χ3v) is 0. The molecule has 0 saturated heterocycles. The average Bonchev–Trinajstić information content (AvgIpc) is 1.27. The number of rotatable bonds is 0. The van der Waals surface area contributed by atoms with Gasteiger partial charge in [0.25, 0.3) is 0 Å². The quantitative estimate of drug-likeness (QED) is 0.278. The zero-order chi connectivity index (χ0) is 7.21. The first kappa shape index (κ1) is 11.2. The molecule has 0 aliphatic heterocycles. The molecule has 0 aromatic heterocycles. The molecule has 8 heavy (non-hydrogen) atoms. The first-order valence-electron chi connectivity index (χ1n) is 1.88. The van der Waals surface area contributed by atoms with Crippen LogP contribution in [0.5, 0.6) is 0 Å². The normalized spacial score (nSPS) is 9.25. The summed E-state index contributed by atoms with van der Waals surface area (Å²) in [6.45, 7) is 3.36. The second-order valence-corrected chi connectivity index (χ2v) is 2.21. The second kappa shape index (κ2) is 5.53. The minimum atomic E-state index is -4.61. The van der Waals surface area contributed by atoms with Crippen LogP contribution in [-0.4, -0.2) is 45.9 Å². The van der Waals surface area contributed by atoms with Gasteiger partial charge in [-0.2, -0.15) is 0 Å². The van der Waals surface area contributed by atoms with Gasteiger partial charge in [0.2, 0.25) is 0 Å². The summed E-state index contributed by atoms with van der Waals surface area (Å²) in [5, 5.41) is 0. The molecule has 0 aromatic rings. The van der Waals surface area contributed by atoms with Crippen LogP contribution in [0.3, 0.4) is 0 Å². The summed E-state index contributed by atoms with van der Waals surface area (Å²) in [4.78, 5) is 29.3. The van der Waals surface area contributed by atoms with Gasteiger partial charge in [-0.25, -0.2) is 0 Å². The maximum absolute atomic E-state index is 7.33. The first-order valence-corrected chi connectivity index (χ1v) is 3.67. The number of hydrogen-bond acceptors (Lipinski definition) is 4. The topological polar surface area (TPSA) is 80.9 Å². The molecule has 0 radical (unpaired) electrons. The van der Waals surface area contributed by atoms with E-state index >= 15 is 0 Å². The predicted octanol–water partition coefficient (Wildman–Crippen LogP) is -2.31. The number of hydrogen-bond donors (Lipinski definition) is 4. The molecule has 0 amide bonds. The van der Waals surface area contributed by atoms with Crippen LogP contribution in [0.2, 0.25) is 0 Å². The fraction of sp³-hybridized carbons (Fsp3) is 0. The van der Waals surface area contributed by atoms with Crippen molar-refractivity contribution in [3.05, 3.63) is 11.3 Å². The molecule has 0 rings (SSSR count). The zero-order valence-electron chi connectivity index (χ0n) is 4.57.